The van der Waals surface area contributed by atoms with Crippen LogP contribution in [0.1, 0.15) is 37.5 Å². The highest BCUT2D eigenvalue weighted by Gasteiger charge is 2.46. The van der Waals surface area contributed by atoms with Crippen molar-refractivity contribution in [3.8, 4) is 0 Å². The van der Waals surface area contributed by atoms with Crippen molar-refractivity contribution in [3.05, 3.63) is 96.9 Å². The summed E-state index contributed by atoms with van der Waals surface area (Å²) in [6.07, 6.45) is 0. The predicted molar refractivity (Wildman–Crippen MR) is 146 cm³/mol. The molecule has 0 aliphatic carbocycles. The number of thiazole rings is 1. The lowest BCUT2D eigenvalue weighted by atomic mass is 9.95. The van der Waals surface area contributed by atoms with Gasteiger partial charge in [-0.15, -0.1) is 21.5 Å². The number of ketones is 1. The van der Waals surface area contributed by atoms with E-state index in [2.05, 4.69) is 31.1 Å². The van der Waals surface area contributed by atoms with Crippen LogP contribution in [0.3, 0.4) is 0 Å². The largest absolute Gasteiger partial charge is 0.503 e. The monoisotopic (exact) mass is 616 g/mol. The van der Waals surface area contributed by atoms with Gasteiger partial charge >= 0.3 is 0 Å². The van der Waals surface area contributed by atoms with Gasteiger partial charge < -0.3 is 5.11 Å². The van der Waals surface area contributed by atoms with Crippen LogP contribution in [-0.4, -0.2) is 32.0 Å². The molecule has 188 valence electrons. The molecule has 1 amide bonds. The number of benzene rings is 2. The first-order chi connectivity index (χ1) is 17.7. The Morgan fingerprint density at radius 3 is 2.54 bits per heavy atom. The molecule has 3 heterocycles. The smallest absolute Gasteiger partial charge is 0.296 e. The second-order valence-electron chi connectivity index (χ2n) is 8.10. The van der Waals surface area contributed by atoms with Crippen LogP contribution in [0.5, 0.6) is 0 Å². The summed E-state index contributed by atoms with van der Waals surface area (Å²) in [6.45, 7) is 3.52. The zero-order valence-corrected chi connectivity index (χ0v) is 23.5. The fourth-order valence-corrected chi connectivity index (χ4v) is 6.96. The number of anilines is 1. The molecule has 0 bridgehead atoms. The number of aliphatic hydroxyl groups is 1. The van der Waals surface area contributed by atoms with Gasteiger partial charge in [0.1, 0.15) is 5.82 Å². The van der Waals surface area contributed by atoms with E-state index >= 15 is 0 Å². The van der Waals surface area contributed by atoms with Crippen molar-refractivity contribution < 1.29 is 19.1 Å². The van der Waals surface area contributed by atoms with Gasteiger partial charge in [0.25, 0.3) is 5.91 Å². The SMILES string of the molecule is Cc1nc(C)c(C(=O)C2=C(O)C(=O)N(c3nnc(SCc4ccccc4F)s3)C2c2ccc(Br)cc2)s1. The standard InChI is InChI=1S/C25H18BrFN4O3S3/c1-12-22(36-13(2)28-12)20(32)18-19(14-7-9-16(26)10-8-14)31(23(34)21(18)33)24-29-30-25(37-24)35-11-15-5-3-4-6-17(15)27/h3-10,19,33H,11H2,1-2H3. The molecule has 0 saturated heterocycles. The minimum absolute atomic E-state index is 0.0326. The number of hydrogen-bond acceptors (Lipinski definition) is 9. The number of aromatic nitrogens is 3. The number of rotatable bonds is 7. The molecule has 0 radical (unpaired) electrons. The highest BCUT2D eigenvalue weighted by molar-refractivity contribution is 9.10. The molecule has 7 nitrogen and oxygen atoms in total. The molecule has 12 heteroatoms. The third-order valence-corrected chi connectivity index (χ3v) is 9.36. The Balaban J connectivity index is 1.51. The van der Waals surface area contributed by atoms with Crippen LogP contribution in [-0.2, 0) is 10.5 Å². The topological polar surface area (TPSA) is 96.3 Å². The van der Waals surface area contributed by atoms with E-state index in [1.54, 1.807) is 56.3 Å². The Labute approximate surface area is 232 Å². The molecule has 37 heavy (non-hydrogen) atoms. The van der Waals surface area contributed by atoms with Crippen LogP contribution in [0, 0.1) is 19.7 Å². The Morgan fingerprint density at radius 2 is 1.86 bits per heavy atom. The Hall–Kier alpha value is -2.93. The summed E-state index contributed by atoms with van der Waals surface area (Å²) in [5, 5.41) is 20.2. The second-order valence-corrected chi connectivity index (χ2v) is 12.4. The fraction of sp³-hybridized carbons (Fsp3) is 0.160. The number of halogens is 2. The number of hydrogen-bond donors (Lipinski definition) is 1. The summed E-state index contributed by atoms with van der Waals surface area (Å²) in [5.74, 6) is -1.79. The molecule has 0 saturated carbocycles. The first-order valence-electron chi connectivity index (χ1n) is 10.9. The number of aryl methyl sites for hydroxylation is 2. The van der Waals surface area contributed by atoms with Gasteiger partial charge in [0, 0.05) is 10.2 Å². The van der Waals surface area contributed by atoms with E-state index < -0.39 is 23.5 Å². The lowest BCUT2D eigenvalue weighted by Gasteiger charge is -2.24. The van der Waals surface area contributed by atoms with Crippen molar-refractivity contribution in [1.29, 1.82) is 0 Å². The molecule has 2 aromatic carbocycles. The van der Waals surface area contributed by atoms with E-state index in [-0.39, 0.29) is 16.5 Å². The normalized spacial score (nSPS) is 15.6. The van der Waals surface area contributed by atoms with E-state index in [1.165, 1.54) is 34.1 Å². The lowest BCUT2D eigenvalue weighted by molar-refractivity contribution is -0.117. The lowest BCUT2D eigenvalue weighted by Crippen LogP contribution is -2.31. The van der Waals surface area contributed by atoms with Gasteiger partial charge in [0.05, 0.1) is 27.2 Å². The molecule has 2 aromatic heterocycles. The highest BCUT2D eigenvalue weighted by atomic mass is 79.9. The van der Waals surface area contributed by atoms with Crippen molar-refractivity contribution in [2.75, 3.05) is 4.90 Å². The highest BCUT2D eigenvalue weighted by Crippen LogP contribution is 2.44. The summed E-state index contributed by atoms with van der Waals surface area (Å²) >= 11 is 7.05. The van der Waals surface area contributed by atoms with Crippen LogP contribution < -0.4 is 4.90 Å². The molecule has 1 N–H and O–H groups in total. The van der Waals surface area contributed by atoms with Crippen molar-refractivity contribution in [2.45, 2.75) is 30.0 Å². The van der Waals surface area contributed by atoms with Gasteiger partial charge in [0.15, 0.2) is 10.1 Å². The van der Waals surface area contributed by atoms with Crippen LogP contribution in [0.15, 0.2) is 68.7 Å². The zero-order valence-electron chi connectivity index (χ0n) is 19.4. The Morgan fingerprint density at radius 1 is 1.14 bits per heavy atom. The van der Waals surface area contributed by atoms with Crippen LogP contribution in [0.2, 0.25) is 0 Å². The average molecular weight is 618 g/mol. The number of Topliss-reactive ketones (excluding diaryl/α,β-unsaturated/α-hetero) is 1. The molecule has 5 rings (SSSR count). The molecule has 4 aromatic rings. The maximum absolute atomic E-state index is 14.0. The molecule has 1 unspecified atom stereocenters. The van der Waals surface area contributed by atoms with Gasteiger partial charge in [-0.3, -0.25) is 14.5 Å². The molecular weight excluding hydrogens is 599 g/mol. The van der Waals surface area contributed by atoms with E-state index in [4.69, 9.17) is 0 Å². The van der Waals surface area contributed by atoms with E-state index in [9.17, 15) is 19.1 Å². The third kappa shape index (κ3) is 4.98. The van der Waals surface area contributed by atoms with Gasteiger partial charge in [0.2, 0.25) is 10.9 Å². The van der Waals surface area contributed by atoms with Crippen LogP contribution in [0.25, 0.3) is 0 Å². The molecule has 0 spiro atoms. The number of carbonyl (C=O) groups is 2. The minimum Gasteiger partial charge on any atom is -0.503 e. The fourth-order valence-electron chi connectivity index (χ4n) is 3.97. The van der Waals surface area contributed by atoms with Crippen molar-refractivity contribution in [2.24, 2.45) is 0 Å². The van der Waals surface area contributed by atoms with Crippen molar-refractivity contribution in [3.63, 3.8) is 0 Å². The average Bonchev–Trinajstić information content (AvgIpc) is 3.55. The first kappa shape index (κ1) is 25.7. The minimum atomic E-state index is -0.910. The predicted octanol–water partition coefficient (Wildman–Crippen LogP) is 6.59. The second kappa shape index (κ2) is 10.4. The van der Waals surface area contributed by atoms with Crippen LogP contribution >= 0.6 is 50.4 Å². The molecule has 1 atom stereocenters. The van der Waals surface area contributed by atoms with E-state index in [1.807, 2.05) is 0 Å². The summed E-state index contributed by atoms with van der Waals surface area (Å²) < 4.78 is 15.4. The molecule has 1 aliphatic heterocycles. The van der Waals surface area contributed by atoms with Crippen molar-refractivity contribution >= 4 is 67.2 Å². The molecule has 1 aliphatic rings. The Kier molecular flexibility index (Phi) is 7.26. The third-order valence-electron chi connectivity index (χ3n) is 5.66. The zero-order chi connectivity index (χ0) is 26.3. The van der Waals surface area contributed by atoms with Gasteiger partial charge in [-0.25, -0.2) is 9.37 Å². The summed E-state index contributed by atoms with van der Waals surface area (Å²) in [5.41, 5.74) is 1.65. The molecule has 0 fully saturated rings. The van der Waals surface area contributed by atoms with Gasteiger partial charge in [-0.1, -0.05) is 69.4 Å². The number of thioether (sulfide) groups is 1. The Bertz CT molecular complexity index is 1550. The number of nitrogens with zero attached hydrogens (tertiary/aromatic N) is 4. The summed E-state index contributed by atoms with van der Waals surface area (Å²) in [6, 6.07) is 12.7. The summed E-state index contributed by atoms with van der Waals surface area (Å²) in [4.78, 5) is 33.0. The number of amides is 1. The number of carbonyl (C=O) groups excluding carboxylic acids is 2. The van der Waals surface area contributed by atoms with Gasteiger partial charge in [-0.05, 0) is 43.2 Å². The van der Waals surface area contributed by atoms with Crippen LogP contribution in [0.4, 0.5) is 9.52 Å². The maximum atomic E-state index is 14.0. The van der Waals surface area contributed by atoms with Crippen molar-refractivity contribution in [1.82, 2.24) is 15.2 Å². The maximum Gasteiger partial charge on any atom is 0.296 e. The quantitative estimate of drug-likeness (QED) is 0.142. The number of aliphatic hydroxyl groups excluding tert-OH is 1. The van der Waals surface area contributed by atoms with Gasteiger partial charge in [-0.2, -0.15) is 0 Å². The van der Waals surface area contributed by atoms with E-state index in [0.717, 1.165) is 15.8 Å². The van der Waals surface area contributed by atoms with E-state index in [0.29, 0.717) is 36.8 Å². The molecular formula is C25H18BrFN4O3S3. The first-order valence-corrected chi connectivity index (χ1v) is 14.4. The summed E-state index contributed by atoms with van der Waals surface area (Å²) in [7, 11) is 0.